The smallest absolute Gasteiger partial charge is 0.0900 e. The van der Waals surface area contributed by atoms with Gasteiger partial charge in [0.15, 0.2) is 0 Å². The predicted octanol–water partition coefficient (Wildman–Crippen LogP) is 2.96. The van der Waals surface area contributed by atoms with Crippen LogP contribution >= 0.6 is 11.3 Å². The van der Waals surface area contributed by atoms with Crippen LogP contribution in [0.4, 0.5) is 0 Å². The van der Waals surface area contributed by atoms with Gasteiger partial charge in [-0.25, -0.2) is 4.98 Å². The van der Waals surface area contributed by atoms with Crippen molar-refractivity contribution in [3.63, 3.8) is 0 Å². The zero-order valence-corrected chi connectivity index (χ0v) is 9.95. The first kappa shape index (κ1) is 10.1. The summed E-state index contributed by atoms with van der Waals surface area (Å²) in [6, 6.07) is 1.23. The van der Waals surface area contributed by atoms with Crippen molar-refractivity contribution in [3.05, 3.63) is 15.6 Å². The summed E-state index contributed by atoms with van der Waals surface area (Å²) in [5.74, 6) is 0. The maximum absolute atomic E-state index is 4.46. The fourth-order valence-electron chi connectivity index (χ4n) is 1.95. The van der Waals surface area contributed by atoms with E-state index < -0.39 is 0 Å². The van der Waals surface area contributed by atoms with E-state index in [4.69, 9.17) is 0 Å². The quantitative estimate of drug-likeness (QED) is 0.829. The summed E-state index contributed by atoms with van der Waals surface area (Å²) >= 11 is 1.83. The molecule has 1 unspecified atom stereocenters. The van der Waals surface area contributed by atoms with Crippen molar-refractivity contribution in [1.82, 2.24) is 10.3 Å². The van der Waals surface area contributed by atoms with Crippen molar-refractivity contribution in [1.29, 1.82) is 0 Å². The number of hydrogen-bond donors (Lipinski definition) is 1. The molecule has 1 heterocycles. The molecule has 1 saturated carbocycles. The normalized spacial score (nSPS) is 19.4. The van der Waals surface area contributed by atoms with Gasteiger partial charge in [-0.3, -0.25) is 0 Å². The molecule has 1 aromatic rings. The summed E-state index contributed by atoms with van der Waals surface area (Å²) in [4.78, 5) is 5.87. The molecule has 1 aliphatic rings. The van der Waals surface area contributed by atoms with E-state index in [1.165, 1.54) is 34.8 Å². The van der Waals surface area contributed by atoms with Crippen LogP contribution in [0.3, 0.4) is 0 Å². The second-order valence-electron chi connectivity index (χ2n) is 4.20. The lowest BCUT2D eigenvalue weighted by atomic mass is 9.92. The van der Waals surface area contributed by atoms with E-state index in [0.29, 0.717) is 6.04 Å². The molecule has 0 amide bonds. The molecule has 0 bridgehead atoms. The van der Waals surface area contributed by atoms with Crippen LogP contribution in [0.5, 0.6) is 0 Å². The highest BCUT2D eigenvalue weighted by atomic mass is 32.1. The van der Waals surface area contributed by atoms with Crippen LogP contribution in [0.2, 0.25) is 0 Å². The minimum absolute atomic E-state index is 0.478. The van der Waals surface area contributed by atoms with E-state index in [-0.39, 0.29) is 0 Å². The van der Waals surface area contributed by atoms with E-state index in [0.717, 1.165) is 6.04 Å². The van der Waals surface area contributed by atoms with E-state index >= 15 is 0 Å². The van der Waals surface area contributed by atoms with Gasteiger partial charge in [0.25, 0.3) is 0 Å². The summed E-state index contributed by atoms with van der Waals surface area (Å²) in [5.41, 5.74) is 1.20. The van der Waals surface area contributed by atoms with Gasteiger partial charge >= 0.3 is 0 Å². The van der Waals surface area contributed by atoms with Crippen molar-refractivity contribution >= 4 is 11.3 Å². The van der Waals surface area contributed by atoms with Crippen molar-refractivity contribution in [2.45, 2.75) is 52.1 Å². The van der Waals surface area contributed by atoms with Crippen molar-refractivity contribution < 1.29 is 0 Å². The largest absolute Gasteiger partial charge is 0.307 e. The van der Waals surface area contributed by atoms with Gasteiger partial charge in [0.2, 0.25) is 0 Å². The van der Waals surface area contributed by atoms with Crippen molar-refractivity contribution in [2.24, 2.45) is 0 Å². The van der Waals surface area contributed by atoms with Gasteiger partial charge in [-0.15, -0.1) is 11.3 Å². The third-order valence-corrected chi connectivity index (χ3v) is 4.18. The van der Waals surface area contributed by atoms with Crippen LogP contribution in [0.1, 0.15) is 47.8 Å². The first-order valence-electron chi connectivity index (χ1n) is 5.37. The third kappa shape index (κ3) is 1.98. The number of hydrogen-bond acceptors (Lipinski definition) is 3. The van der Waals surface area contributed by atoms with Crippen molar-refractivity contribution in [2.75, 3.05) is 0 Å². The van der Waals surface area contributed by atoms with Gasteiger partial charge in [0, 0.05) is 17.0 Å². The van der Waals surface area contributed by atoms with Crippen LogP contribution in [0, 0.1) is 13.8 Å². The Morgan fingerprint density at radius 3 is 2.57 bits per heavy atom. The second-order valence-corrected chi connectivity index (χ2v) is 5.43. The van der Waals surface area contributed by atoms with Crippen LogP contribution in [0.15, 0.2) is 0 Å². The van der Waals surface area contributed by atoms with Gasteiger partial charge in [0.1, 0.15) is 0 Å². The maximum Gasteiger partial charge on any atom is 0.0900 e. The molecular formula is C11H18N2S. The number of nitrogens with zero attached hydrogens (tertiary/aromatic N) is 1. The van der Waals surface area contributed by atoms with E-state index in [1.807, 2.05) is 11.3 Å². The van der Waals surface area contributed by atoms with Gasteiger partial charge in [-0.2, -0.15) is 0 Å². The standard InChI is InChI=1S/C11H18N2S/c1-7-11(14-9(3)12-7)8(2)13-10-5-4-6-10/h8,10,13H,4-6H2,1-3H3. The Bertz CT molecular complexity index is 315. The molecule has 0 saturated heterocycles. The molecule has 1 aliphatic carbocycles. The monoisotopic (exact) mass is 210 g/mol. The molecule has 0 aliphatic heterocycles. The maximum atomic E-state index is 4.46. The Morgan fingerprint density at radius 1 is 1.43 bits per heavy atom. The molecule has 2 nitrogen and oxygen atoms in total. The first-order chi connectivity index (χ1) is 6.66. The molecule has 0 spiro atoms. The van der Waals surface area contributed by atoms with Crippen LogP contribution in [0.25, 0.3) is 0 Å². The van der Waals surface area contributed by atoms with Crippen LogP contribution < -0.4 is 5.32 Å². The summed E-state index contributed by atoms with van der Waals surface area (Å²) in [5, 5.41) is 4.84. The lowest BCUT2D eigenvalue weighted by Gasteiger charge is -2.29. The highest BCUT2D eigenvalue weighted by molar-refractivity contribution is 7.11. The van der Waals surface area contributed by atoms with Crippen LogP contribution in [-0.4, -0.2) is 11.0 Å². The molecular weight excluding hydrogens is 192 g/mol. The number of thiazole rings is 1. The zero-order valence-electron chi connectivity index (χ0n) is 9.13. The molecule has 1 atom stereocenters. The molecule has 1 aromatic heterocycles. The Morgan fingerprint density at radius 2 is 2.14 bits per heavy atom. The van der Waals surface area contributed by atoms with E-state index in [2.05, 4.69) is 31.1 Å². The SMILES string of the molecule is Cc1nc(C)c(C(C)NC2CCC2)s1. The van der Waals surface area contributed by atoms with Gasteiger partial charge in [-0.05, 0) is 33.6 Å². The third-order valence-electron chi connectivity index (χ3n) is 2.92. The Hall–Kier alpha value is -0.410. The Kier molecular flexibility index (Phi) is 2.88. The zero-order chi connectivity index (χ0) is 10.1. The molecule has 1 fully saturated rings. The fourth-order valence-corrected chi connectivity index (χ4v) is 2.89. The Balaban J connectivity index is 2.02. The molecule has 1 N–H and O–H groups in total. The number of aryl methyl sites for hydroxylation is 2. The Labute approximate surface area is 89.8 Å². The molecule has 78 valence electrons. The lowest BCUT2D eigenvalue weighted by molar-refractivity contribution is 0.314. The lowest BCUT2D eigenvalue weighted by Crippen LogP contribution is -2.36. The van der Waals surface area contributed by atoms with Gasteiger partial charge in [-0.1, -0.05) is 6.42 Å². The fraction of sp³-hybridized carbons (Fsp3) is 0.727. The molecule has 14 heavy (non-hydrogen) atoms. The summed E-state index contributed by atoms with van der Waals surface area (Å²) in [6.07, 6.45) is 4.09. The minimum Gasteiger partial charge on any atom is -0.307 e. The first-order valence-corrected chi connectivity index (χ1v) is 6.18. The summed E-state index contributed by atoms with van der Waals surface area (Å²) in [7, 11) is 0. The van der Waals surface area contributed by atoms with Crippen molar-refractivity contribution in [3.8, 4) is 0 Å². The topological polar surface area (TPSA) is 24.9 Å². The minimum atomic E-state index is 0.478. The average molecular weight is 210 g/mol. The number of nitrogens with one attached hydrogen (secondary N) is 1. The van der Waals surface area contributed by atoms with Gasteiger partial charge in [0.05, 0.1) is 10.7 Å². The number of rotatable bonds is 3. The molecule has 0 radical (unpaired) electrons. The molecule has 3 heteroatoms. The highest BCUT2D eigenvalue weighted by Crippen LogP contribution is 2.27. The van der Waals surface area contributed by atoms with Crippen LogP contribution in [-0.2, 0) is 0 Å². The summed E-state index contributed by atoms with van der Waals surface area (Å²) in [6.45, 7) is 6.44. The van der Waals surface area contributed by atoms with E-state index in [1.54, 1.807) is 0 Å². The average Bonchev–Trinajstić information content (AvgIpc) is 2.37. The number of aromatic nitrogens is 1. The second kappa shape index (κ2) is 3.99. The summed E-state index contributed by atoms with van der Waals surface area (Å²) < 4.78 is 0. The molecule has 2 rings (SSSR count). The predicted molar refractivity (Wildman–Crippen MR) is 60.8 cm³/mol. The molecule has 0 aromatic carbocycles. The van der Waals surface area contributed by atoms with E-state index in [9.17, 15) is 0 Å². The van der Waals surface area contributed by atoms with Gasteiger partial charge < -0.3 is 5.32 Å². The highest BCUT2D eigenvalue weighted by Gasteiger charge is 2.21.